The summed E-state index contributed by atoms with van der Waals surface area (Å²) in [5.41, 5.74) is -0.703. The number of aliphatic carboxylic acids is 1. The quantitative estimate of drug-likeness (QED) is 0.784. The SMILES string of the molecule is CCCC1(C(=O)O)CCN(C(=O)NCC(=O)N(C)C)CC1. The van der Waals surface area contributed by atoms with Crippen LogP contribution in [0.25, 0.3) is 0 Å². The van der Waals surface area contributed by atoms with E-state index in [4.69, 9.17) is 0 Å². The van der Waals surface area contributed by atoms with Gasteiger partial charge in [0.25, 0.3) is 0 Å². The summed E-state index contributed by atoms with van der Waals surface area (Å²) in [6.45, 7) is 2.75. The van der Waals surface area contributed by atoms with Crippen LogP contribution < -0.4 is 5.32 Å². The number of hydrogen-bond acceptors (Lipinski definition) is 3. The standard InChI is InChI=1S/C14H25N3O4/c1-4-5-14(12(19)20)6-8-17(9-7-14)13(21)15-10-11(18)16(2)3/h4-10H2,1-3H3,(H,15,21)(H,19,20). The van der Waals surface area contributed by atoms with Gasteiger partial charge in [-0.25, -0.2) is 4.79 Å². The summed E-state index contributed by atoms with van der Waals surface area (Å²) in [5.74, 6) is -0.946. The number of piperidine rings is 1. The predicted molar refractivity (Wildman–Crippen MR) is 77.9 cm³/mol. The number of urea groups is 1. The van der Waals surface area contributed by atoms with Gasteiger partial charge in [-0.3, -0.25) is 9.59 Å². The van der Waals surface area contributed by atoms with Crippen molar-refractivity contribution in [3.63, 3.8) is 0 Å². The van der Waals surface area contributed by atoms with Crippen LogP contribution >= 0.6 is 0 Å². The van der Waals surface area contributed by atoms with E-state index >= 15 is 0 Å². The van der Waals surface area contributed by atoms with Crippen molar-refractivity contribution in [1.29, 1.82) is 0 Å². The molecule has 0 radical (unpaired) electrons. The number of nitrogens with one attached hydrogen (secondary N) is 1. The average molecular weight is 299 g/mol. The number of carbonyl (C=O) groups is 3. The van der Waals surface area contributed by atoms with Crippen molar-refractivity contribution >= 4 is 17.9 Å². The fourth-order valence-corrected chi connectivity index (χ4v) is 2.61. The van der Waals surface area contributed by atoms with Crippen molar-refractivity contribution in [2.45, 2.75) is 32.6 Å². The van der Waals surface area contributed by atoms with Gasteiger partial charge in [0.05, 0.1) is 12.0 Å². The van der Waals surface area contributed by atoms with Gasteiger partial charge in [-0.2, -0.15) is 0 Å². The Labute approximate surface area is 125 Å². The van der Waals surface area contributed by atoms with Gasteiger partial charge in [-0.15, -0.1) is 0 Å². The maximum atomic E-state index is 12.0. The number of likely N-dealkylation sites (N-methyl/N-ethyl adjacent to an activating group) is 1. The van der Waals surface area contributed by atoms with E-state index in [1.807, 2.05) is 6.92 Å². The third-order valence-corrected chi connectivity index (χ3v) is 4.08. The first-order valence-electron chi connectivity index (χ1n) is 7.28. The minimum atomic E-state index is -0.771. The van der Waals surface area contributed by atoms with Gasteiger partial charge in [0.15, 0.2) is 0 Å². The van der Waals surface area contributed by atoms with E-state index in [0.717, 1.165) is 6.42 Å². The second kappa shape index (κ2) is 7.28. The van der Waals surface area contributed by atoms with E-state index in [9.17, 15) is 19.5 Å². The first-order chi connectivity index (χ1) is 9.82. The third kappa shape index (κ3) is 4.34. The van der Waals surface area contributed by atoms with E-state index in [0.29, 0.717) is 32.4 Å². The Kier molecular flexibility index (Phi) is 5.99. The Hall–Kier alpha value is -1.79. The van der Waals surface area contributed by atoms with Gasteiger partial charge in [0, 0.05) is 27.2 Å². The van der Waals surface area contributed by atoms with Crippen LogP contribution in [-0.2, 0) is 9.59 Å². The van der Waals surface area contributed by atoms with E-state index in [2.05, 4.69) is 5.32 Å². The molecule has 0 bridgehead atoms. The normalized spacial score (nSPS) is 17.2. The number of likely N-dealkylation sites (tertiary alicyclic amines) is 1. The molecular formula is C14H25N3O4. The summed E-state index contributed by atoms with van der Waals surface area (Å²) in [6.07, 6.45) is 2.38. The molecule has 1 fully saturated rings. The molecule has 0 saturated carbocycles. The third-order valence-electron chi connectivity index (χ3n) is 4.08. The van der Waals surface area contributed by atoms with Crippen molar-refractivity contribution in [3.8, 4) is 0 Å². The highest BCUT2D eigenvalue weighted by molar-refractivity contribution is 5.84. The topological polar surface area (TPSA) is 90.0 Å². The molecule has 1 rings (SSSR count). The Morgan fingerprint density at radius 1 is 1.24 bits per heavy atom. The number of rotatable bonds is 5. The van der Waals surface area contributed by atoms with Crippen LogP contribution in [0.15, 0.2) is 0 Å². The second-order valence-corrected chi connectivity index (χ2v) is 5.77. The molecule has 1 saturated heterocycles. The number of carboxylic acids is 1. The molecule has 2 N–H and O–H groups in total. The van der Waals surface area contributed by atoms with Gasteiger partial charge < -0.3 is 20.2 Å². The van der Waals surface area contributed by atoms with Gasteiger partial charge in [0.2, 0.25) is 5.91 Å². The monoisotopic (exact) mass is 299 g/mol. The molecular weight excluding hydrogens is 274 g/mol. The van der Waals surface area contributed by atoms with Crippen LogP contribution in [-0.4, -0.2) is 66.5 Å². The van der Waals surface area contributed by atoms with Crippen molar-refractivity contribution in [1.82, 2.24) is 15.1 Å². The lowest BCUT2D eigenvalue weighted by Gasteiger charge is -2.38. The summed E-state index contributed by atoms with van der Waals surface area (Å²) in [4.78, 5) is 37.8. The van der Waals surface area contributed by atoms with Crippen molar-refractivity contribution < 1.29 is 19.5 Å². The highest BCUT2D eigenvalue weighted by Gasteiger charge is 2.41. The van der Waals surface area contributed by atoms with Crippen LogP contribution in [0.1, 0.15) is 32.6 Å². The van der Waals surface area contributed by atoms with Gasteiger partial charge in [0.1, 0.15) is 0 Å². The van der Waals surface area contributed by atoms with Crippen molar-refractivity contribution in [2.75, 3.05) is 33.7 Å². The number of carbonyl (C=O) groups excluding carboxylic acids is 2. The number of amides is 3. The van der Waals surface area contributed by atoms with Gasteiger partial charge >= 0.3 is 12.0 Å². The Balaban J connectivity index is 2.50. The molecule has 1 heterocycles. The van der Waals surface area contributed by atoms with Gasteiger partial charge in [-0.1, -0.05) is 13.3 Å². The summed E-state index contributed by atoms with van der Waals surface area (Å²) in [7, 11) is 3.25. The average Bonchev–Trinajstić information content (AvgIpc) is 2.45. The molecule has 0 aromatic heterocycles. The van der Waals surface area contributed by atoms with Crippen molar-refractivity contribution in [3.05, 3.63) is 0 Å². The molecule has 0 spiro atoms. The van der Waals surface area contributed by atoms with E-state index < -0.39 is 11.4 Å². The van der Waals surface area contributed by atoms with Crippen LogP contribution in [0.5, 0.6) is 0 Å². The molecule has 3 amide bonds. The van der Waals surface area contributed by atoms with Crippen molar-refractivity contribution in [2.24, 2.45) is 5.41 Å². The number of nitrogens with zero attached hydrogens (tertiary/aromatic N) is 2. The number of hydrogen-bond donors (Lipinski definition) is 2. The van der Waals surface area contributed by atoms with E-state index in [1.54, 1.807) is 19.0 Å². The second-order valence-electron chi connectivity index (χ2n) is 5.77. The molecule has 0 atom stereocenters. The summed E-state index contributed by atoms with van der Waals surface area (Å²) in [5, 5.41) is 12.0. The fraction of sp³-hybridized carbons (Fsp3) is 0.786. The maximum Gasteiger partial charge on any atom is 0.317 e. The Bertz CT molecular complexity index is 401. The largest absolute Gasteiger partial charge is 0.481 e. The fourth-order valence-electron chi connectivity index (χ4n) is 2.61. The first-order valence-corrected chi connectivity index (χ1v) is 7.28. The van der Waals surface area contributed by atoms with Crippen LogP contribution in [0, 0.1) is 5.41 Å². The molecule has 1 aliphatic heterocycles. The molecule has 0 aromatic rings. The lowest BCUT2D eigenvalue weighted by molar-refractivity contribution is -0.152. The zero-order chi connectivity index (χ0) is 16.0. The summed E-state index contributed by atoms with van der Waals surface area (Å²) in [6, 6.07) is -0.305. The first kappa shape index (κ1) is 17.3. The lowest BCUT2D eigenvalue weighted by Crippen LogP contribution is -2.50. The molecule has 7 nitrogen and oxygen atoms in total. The molecule has 0 aromatic carbocycles. The van der Waals surface area contributed by atoms with Crippen LogP contribution in [0.2, 0.25) is 0 Å². The van der Waals surface area contributed by atoms with Gasteiger partial charge in [-0.05, 0) is 19.3 Å². The molecule has 7 heteroatoms. The minimum Gasteiger partial charge on any atom is -0.481 e. The lowest BCUT2D eigenvalue weighted by atomic mass is 9.75. The highest BCUT2D eigenvalue weighted by Crippen LogP contribution is 2.36. The Morgan fingerprint density at radius 3 is 2.24 bits per heavy atom. The zero-order valence-electron chi connectivity index (χ0n) is 13.0. The minimum absolute atomic E-state index is 0.0403. The molecule has 1 aliphatic rings. The predicted octanol–water partition coefficient (Wildman–Crippen LogP) is 0.751. The van der Waals surface area contributed by atoms with E-state index in [-0.39, 0.29) is 18.5 Å². The van der Waals surface area contributed by atoms with Crippen LogP contribution in [0.4, 0.5) is 4.79 Å². The highest BCUT2D eigenvalue weighted by atomic mass is 16.4. The molecule has 0 aliphatic carbocycles. The van der Waals surface area contributed by atoms with E-state index in [1.165, 1.54) is 4.90 Å². The summed E-state index contributed by atoms with van der Waals surface area (Å²) >= 11 is 0. The summed E-state index contributed by atoms with van der Waals surface area (Å²) < 4.78 is 0. The number of carboxylic acid groups (broad SMARTS) is 1. The smallest absolute Gasteiger partial charge is 0.317 e. The molecule has 21 heavy (non-hydrogen) atoms. The molecule has 120 valence electrons. The molecule has 0 unspecified atom stereocenters. The zero-order valence-corrected chi connectivity index (χ0v) is 13.0. The van der Waals surface area contributed by atoms with Crippen LogP contribution in [0.3, 0.4) is 0 Å². The Morgan fingerprint density at radius 2 is 1.81 bits per heavy atom. The maximum absolute atomic E-state index is 12.0.